The molecule has 0 bridgehead atoms. The van der Waals surface area contributed by atoms with E-state index in [0.29, 0.717) is 17.1 Å². The van der Waals surface area contributed by atoms with Crippen LogP contribution in [-0.2, 0) is 0 Å². The Morgan fingerprint density at radius 2 is 1.65 bits per heavy atom. The van der Waals surface area contributed by atoms with Crippen molar-refractivity contribution < 1.29 is 14.3 Å². The molecule has 0 saturated carbocycles. The number of benzene rings is 2. The fourth-order valence-corrected chi connectivity index (χ4v) is 1.70. The van der Waals surface area contributed by atoms with Gasteiger partial charge in [-0.2, -0.15) is 0 Å². The van der Waals surface area contributed by atoms with E-state index in [-0.39, 0.29) is 5.78 Å². The van der Waals surface area contributed by atoms with Gasteiger partial charge < -0.3 is 9.47 Å². The van der Waals surface area contributed by atoms with Crippen molar-refractivity contribution >= 4 is 5.78 Å². The monoisotopic (exact) mass is 266 g/mol. The lowest BCUT2D eigenvalue weighted by Gasteiger charge is -2.07. The number of Topliss-reactive ketones (excluding diaryl/α,β-unsaturated/α-hetero) is 1. The molecular formula is C17H14O3. The van der Waals surface area contributed by atoms with E-state index >= 15 is 0 Å². The molecule has 0 amide bonds. The van der Waals surface area contributed by atoms with Crippen LogP contribution in [-0.4, -0.2) is 20.0 Å². The van der Waals surface area contributed by atoms with E-state index < -0.39 is 0 Å². The van der Waals surface area contributed by atoms with Crippen molar-refractivity contribution in [2.24, 2.45) is 0 Å². The summed E-state index contributed by atoms with van der Waals surface area (Å²) in [5.41, 5.74) is 1.28. The highest BCUT2D eigenvalue weighted by Gasteiger charge is 2.08. The molecule has 2 rings (SSSR count). The van der Waals surface area contributed by atoms with Gasteiger partial charge in [0.15, 0.2) is 11.5 Å². The zero-order valence-electron chi connectivity index (χ0n) is 11.3. The van der Waals surface area contributed by atoms with Crippen molar-refractivity contribution in [2.45, 2.75) is 0 Å². The van der Waals surface area contributed by atoms with Crippen molar-refractivity contribution in [3.05, 3.63) is 59.7 Å². The van der Waals surface area contributed by atoms with E-state index in [0.717, 1.165) is 5.56 Å². The van der Waals surface area contributed by atoms with Gasteiger partial charge in [0.2, 0.25) is 5.78 Å². The summed E-state index contributed by atoms with van der Waals surface area (Å²) in [7, 11) is 3.08. The van der Waals surface area contributed by atoms with Crippen LogP contribution in [0.1, 0.15) is 15.9 Å². The van der Waals surface area contributed by atoms with Crippen LogP contribution in [0.15, 0.2) is 48.5 Å². The third-order valence-electron chi connectivity index (χ3n) is 2.74. The number of ether oxygens (including phenoxy) is 2. The minimum absolute atomic E-state index is 0.255. The predicted octanol–water partition coefficient (Wildman–Crippen LogP) is 2.94. The van der Waals surface area contributed by atoms with Crippen LogP contribution in [0.4, 0.5) is 0 Å². The molecule has 0 radical (unpaired) electrons. The van der Waals surface area contributed by atoms with Gasteiger partial charge in [-0.25, -0.2) is 0 Å². The lowest BCUT2D eigenvalue weighted by molar-refractivity contribution is 0.105. The fourth-order valence-electron chi connectivity index (χ4n) is 1.70. The molecule has 0 spiro atoms. The third-order valence-corrected chi connectivity index (χ3v) is 2.74. The van der Waals surface area contributed by atoms with E-state index in [9.17, 15) is 4.79 Å². The molecule has 3 heteroatoms. The van der Waals surface area contributed by atoms with E-state index in [4.69, 9.17) is 9.47 Å². The van der Waals surface area contributed by atoms with Crippen LogP contribution in [0.25, 0.3) is 0 Å². The lowest BCUT2D eigenvalue weighted by Crippen LogP contribution is -1.98. The second kappa shape index (κ2) is 6.44. The van der Waals surface area contributed by atoms with Crippen LogP contribution in [0, 0.1) is 11.8 Å². The molecule has 0 fully saturated rings. The molecular weight excluding hydrogens is 252 g/mol. The van der Waals surface area contributed by atoms with E-state index in [2.05, 4.69) is 11.8 Å². The minimum atomic E-state index is -0.255. The Morgan fingerprint density at radius 1 is 0.950 bits per heavy atom. The standard InChI is InChI=1S/C17H14O3/c1-19-16-11-9-14(12-17(16)20-2)15(18)10-8-13-6-4-3-5-7-13/h3-7,9,11-12H,1-2H3. The summed E-state index contributed by atoms with van der Waals surface area (Å²) in [5.74, 6) is 6.30. The van der Waals surface area contributed by atoms with Gasteiger partial charge >= 0.3 is 0 Å². The highest BCUT2D eigenvalue weighted by atomic mass is 16.5. The van der Waals surface area contributed by atoms with Crippen LogP contribution < -0.4 is 9.47 Å². The Morgan fingerprint density at radius 3 is 2.30 bits per heavy atom. The molecule has 0 heterocycles. The Kier molecular flexibility index (Phi) is 4.41. The van der Waals surface area contributed by atoms with Gasteiger partial charge in [0.25, 0.3) is 0 Å². The second-order valence-electron chi connectivity index (χ2n) is 4.01. The van der Waals surface area contributed by atoms with Crippen molar-refractivity contribution in [1.29, 1.82) is 0 Å². The number of hydrogen-bond acceptors (Lipinski definition) is 3. The van der Waals surface area contributed by atoms with E-state index in [1.807, 2.05) is 30.3 Å². The van der Waals surface area contributed by atoms with Gasteiger partial charge in [-0.3, -0.25) is 4.79 Å². The summed E-state index contributed by atoms with van der Waals surface area (Å²) in [6.45, 7) is 0. The van der Waals surface area contributed by atoms with Crippen molar-refractivity contribution in [1.82, 2.24) is 0 Å². The summed E-state index contributed by atoms with van der Waals surface area (Å²) < 4.78 is 10.3. The maximum Gasteiger partial charge on any atom is 0.236 e. The normalized spacial score (nSPS) is 9.30. The molecule has 100 valence electrons. The molecule has 20 heavy (non-hydrogen) atoms. The van der Waals surface area contributed by atoms with Gasteiger partial charge in [-0.05, 0) is 36.3 Å². The summed E-state index contributed by atoms with van der Waals surface area (Å²) in [6, 6.07) is 14.4. The zero-order valence-corrected chi connectivity index (χ0v) is 11.3. The first-order valence-corrected chi connectivity index (χ1v) is 6.08. The Bertz CT molecular complexity index is 664. The molecule has 2 aromatic carbocycles. The quantitative estimate of drug-likeness (QED) is 0.633. The smallest absolute Gasteiger partial charge is 0.236 e. The van der Waals surface area contributed by atoms with Crippen molar-refractivity contribution in [3.8, 4) is 23.3 Å². The number of carbonyl (C=O) groups excluding carboxylic acids is 1. The summed E-state index contributed by atoms with van der Waals surface area (Å²) in [5, 5.41) is 0. The van der Waals surface area contributed by atoms with Crippen molar-refractivity contribution in [2.75, 3.05) is 14.2 Å². The van der Waals surface area contributed by atoms with Gasteiger partial charge in [0.05, 0.1) is 14.2 Å². The molecule has 0 N–H and O–H groups in total. The average molecular weight is 266 g/mol. The maximum absolute atomic E-state index is 12.0. The van der Waals surface area contributed by atoms with Crippen molar-refractivity contribution in [3.63, 3.8) is 0 Å². The first-order chi connectivity index (χ1) is 9.74. The Hall–Kier alpha value is -2.73. The number of methoxy groups -OCH3 is 2. The summed E-state index contributed by atoms with van der Waals surface area (Å²) in [6.07, 6.45) is 0. The number of carbonyl (C=O) groups is 1. The minimum Gasteiger partial charge on any atom is -0.493 e. The maximum atomic E-state index is 12.0. The number of hydrogen-bond donors (Lipinski definition) is 0. The van der Waals surface area contributed by atoms with Gasteiger partial charge in [0, 0.05) is 11.1 Å². The Labute approximate surface area is 118 Å². The highest BCUT2D eigenvalue weighted by molar-refractivity contribution is 6.09. The van der Waals surface area contributed by atoms with Crippen LogP contribution in [0.5, 0.6) is 11.5 Å². The molecule has 0 unspecified atom stereocenters. The van der Waals surface area contributed by atoms with Crippen LogP contribution >= 0.6 is 0 Å². The van der Waals surface area contributed by atoms with Gasteiger partial charge in [-0.15, -0.1) is 0 Å². The third kappa shape index (κ3) is 3.18. The molecule has 0 saturated heterocycles. The summed E-state index contributed by atoms with van der Waals surface area (Å²) in [4.78, 5) is 12.0. The fraction of sp³-hybridized carbons (Fsp3) is 0.118. The number of rotatable bonds is 3. The zero-order chi connectivity index (χ0) is 14.4. The van der Waals surface area contributed by atoms with E-state index in [1.54, 1.807) is 25.3 Å². The predicted molar refractivity (Wildman–Crippen MR) is 77.2 cm³/mol. The molecule has 0 aliphatic rings. The average Bonchev–Trinajstić information content (AvgIpc) is 2.52. The molecule has 0 aliphatic carbocycles. The lowest BCUT2D eigenvalue weighted by atomic mass is 10.1. The highest BCUT2D eigenvalue weighted by Crippen LogP contribution is 2.27. The first-order valence-electron chi connectivity index (χ1n) is 6.08. The van der Waals surface area contributed by atoms with Gasteiger partial charge in [-0.1, -0.05) is 24.1 Å². The largest absolute Gasteiger partial charge is 0.493 e. The second-order valence-corrected chi connectivity index (χ2v) is 4.01. The molecule has 0 aliphatic heterocycles. The SMILES string of the molecule is COc1ccc(C(=O)C#Cc2ccccc2)cc1OC. The molecule has 0 atom stereocenters. The molecule has 3 nitrogen and oxygen atoms in total. The molecule has 2 aromatic rings. The molecule has 0 aromatic heterocycles. The topological polar surface area (TPSA) is 35.5 Å². The number of ketones is 1. The van der Waals surface area contributed by atoms with Gasteiger partial charge in [0.1, 0.15) is 0 Å². The van der Waals surface area contributed by atoms with Crippen LogP contribution in [0.2, 0.25) is 0 Å². The summed E-state index contributed by atoms with van der Waals surface area (Å²) >= 11 is 0. The Balaban J connectivity index is 2.24. The van der Waals surface area contributed by atoms with Crippen LogP contribution in [0.3, 0.4) is 0 Å². The first kappa shape index (κ1) is 13.7. The van der Waals surface area contributed by atoms with E-state index in [1.165, 1.54) is 7.11 Å².